The number of imide groups is 1. The average molecular weight is 1830 g/mol. The van der Waals surface area contributed by atoms with Crippen molar-refractivity contribution in [3.63, 3.8) is 0 Å². The normalized spacial score (nSPS) is 13.1. The minimum absolute atomic E-state index is 0.0845. The number of nitrogens with zero attached hydrogens (tertiary/aromatic N) is 2. The fraction of sp³-hybridized carbons (Fsp3) is 0.577. The van der Waals surface area contributed by atoms with Gasteiger partial charge in [0.15, 0.2) is 21.6 Å². The molecule has 119 heavy (non-hydrogen) atoms. The number of rotatable bonds is 56. The molecule has 1 fully saturated rings. The van der Waals surface area contributed by atoms with Crippen molar-refractivity contribution >= 4 is 72.6 Å². The van der Waals surface area contributed by atoms with Crippen LogP contribution in [0.15, 0.2) is 121 Å². The van der Waals surface area contributed by atoms with E-state index in [0.29, 0.717) is 70.6 Å². The lowest BCUT2D eigenvalue weighted by Crippen LogP contribution is -2.33. The van der Waals surface area contributed by atoms with Gasteiger partial charge >= 0.3 is 60.8 Å². The number of benzene rings is 5. The van der Waals surface area contributed by atoms with Crippen LogP contribution in [0.1, 0.15) is 185 Å². The highest BCUT2D eigenvalue weighted by atomic mass is 31.3. The van der Waals surface area contributed by atoms with Crippen LogP contribution in [0.4, 0.5) is 0 Å². The second-order valence-corrected chi connectivity index (χ2v) is 42.9. The number of methoxy groups -OCH3 is 1. The molecule has 0 radical (unpaired) electrons. The lowest BCUT2D eigenvalue weighted by atomic mass is 10.1. The Bertz CT molecular complexity index is 3990. The van der Waals surface area contributed by atoms with Gasteiger partial charge in [0.2, 0.25) is 11.8 Å². The van der Waals surface area contributed by atoms with Crippen LogP contribution >= 0.6 is 60.8 Å². The standard InChI is InChI=1S/C23H31NO7P2.C21H33NO9P2.C18H33NO7P2.C16H28O7P2/c1-5-28-32(25,29-6-2)23(33(26,30-7-3)31-8-4)21-13-15-22(16-14-21)27-18-20-11-9-19(17-24)10-12-20;1-5-28-32(25,29-6-2)21(33(26,30-7-3)31-8-4)17-9-11-18(12-10-17)27-16-15-22-19(23)13-14-20(22)24;1-5-23-27(20,24-6-2)18(28(21,25-7-3)26-8-4)16-10-12-17(13-11-16)22-15-9-14-19;1-6-20-24(17,21-7-2)16(25(18,22-8-3)23-9-4)14-10-12-15(19-5)13-11-14/h9-16,23H,5-8,18H2,1-4H3;9-12,21H,5-8,13-16H2,1-4H3;10-13,18H,5-9,14-15,19H2,1-4H3;10-13,16H,6-9H2,1-5H3. The summed E-state index contributed by atoms with van der Waals surface area (Å²) in [5.41, 5.74) is 8.74. The number of carbonyl (C=O) groups is 2. The van der Waals surface area contributed by atoms with Crippen LogP contribution in [0.25, 0.3) is 0 Å². The van der Waals surface area contributed by atoms with E-state index in [-0.39, 0.29) is 144 Å². The Labute approximate surface area is 703 Å². The summed E-state index contributed by atoms with van der Waals surface area (Å²) in [5.74, 6) is 1.86. The van der Waals surface area contributed by atoms with Crippen molar-refractivity contribution < 1.29 is 137 Å². The zero-order chi connectivity index (χ0) is 88.8. The highest BCUT2D eigenvalue weighted by Crippen LogP contribution is 2.82. The fourth-order valence-corrected chi connectivity index (χ4v) is 33.3. The van der Waals surface area contributed by atoms with E-state index in [9.17, 15) is 46.1 Å². The summed E-state index contributed by atoms with van der Waals surface area (Å²) in [6.45, 7) is 30.5. The first-order chi connectivity index (χ1) is 56.9. The van der Waals surface area contributed by atoms with E-state index in [0.717, 1.165) is 12.0 Å². The molecular weight excluding hydrogens is 1710 g/mol. The SMILES string of the molecule is CCOP(=O)(OCC)C(c1ccc(OC)cc1)P(=O)(OCC)OCC.CCOP(=O)(OCC)C(c1ccc(OCCCN)cc1)P(=O)(OCC)OCC.CCOP(=O)(OCC)C(c1ccc(OCCN2C(=O)CCC2=O)cc1)P(=O)(OCC)OCC.CCOP(=O)(OCC)C(c1ccc(OCc2ccc(C#N)cc2)cc1)P(=O)(OCC)OCC. The summed E-state index contributed by atoms with van der Waals surface area (Å²) in [6.07, 6.45) is 1.20. The van der Waals surface area contributed by atoms with E-state index in [1.54, 1.807) is 227 Å². The molecule has 0 aromatic heterocycles. The molecule has 5 aromatic carbocycles. The van der Waals surface area contributed by atoms with Gasteiger partial charge in [-0.1, -0.05) is 60.7 Å². The third-order valence-electron chi connectivity index (χ3n) is 16.1. The Kier molecular flexibility index (Phi) is 51.1. The molecule has 33 nitrogen and oxygen atoms in total. The molecule has 0 spiro atoms. The Morgan fingerprint density at radius 3 is 0.756 bits per heavy atom. The number of likely N-dealkylation sites (tertiary alicyclic amines) is 1. The number of hydrogen-bond donors (Lipinski definition) is 1. The van der Waals surface area contributed by atoms with Gasteiger partial charge in [0.1, 0.15) is 36.2 Å². The van der Waals surface area contributed by atoms with E-state index in [2.05, 4.69) is 6.07 Å². The molecule has 1 aliphatic heterocycles. The summed E-state index contributed by atoms with van der Waals surface area (Å²) in [5, 5.41) is 4.01. The summed E-state index contributed by atoms with van der Waals surface area (Å²) in [6, 6.07) is 35.8. The second kappa shape index (κ2) is 56.1. The van der Waals surface area contributed by atoms with Crippen LogP contribution < -0.4 is 24.7 Å². The highest BCUT2D eigenvalue weighted by molar-refractivity contribution is 7.73. The Morgan fingerprint density at radius 2 is 0.546 bits per heavy atom. The van der Waals surface area contributed by atoms with Gasteiger partial charge in [0.25, 0.3) is 0 Å². The predicted octanol–water partition coefficient (Wildman–Crippen LogP) is 21.6. The molecule has 41 heteroatoms. The molecule has 0 bridgehead atoms. The number of nitrogens with two attached hydrogens (primary N) is 1. The zero-order valence-corrected chi connectivity index (χ0v) is 78.8. The van der Waals surface area contributed by atoms with Crippen LogP contribution in [0.5, 0.6) is 23.0 Å². The van der Waals surface area contributed by atoms with Gasteiger partial charge in [0, 0.05) is 12.8 Å². The average Bonchev–Trinajstić information content (AvgIpc) is 0.951. The van der Waals surface area contributed by atoms with Crippen molar-refractivity contribution in [2.45, 2.75) is 158 Å². The summed E-state index contributed by atoms with van der Waals surface area (Å²) >= 11 is 0. The van der Waals surface area contributed by atoms with Crippen LogP contribution in [0.2, 0.25) is 0 Å². The highest BCUT2D eigenvalue weighted by Gasteiger charge is 2.56. The molecular formula is C78H125N3O30P8. The van der Waals surface area contributed by atoms with Crippen molar-refractivity contribution in [1.82, 2.24) is 4.90 Å². The van der Waals surface area contributed by atoms with E-state index in [4.69, 9.17) is 102 Å². The Hall–Kier alpha value is -4.91. The third kappa shape index (κ3) is 32.9. The molecule has 1 heterocycles. The maximum atomic E-state index is 13.7. The number of nitriles is 1. The van der Waals surface area contributed by atoms with Crippen molar-refractivity contribution in [1.29, 1.82) is 5.26 Å². The number of ether oxygens (including phenoxy) is 4. The van der Waals surface area contributed by atoms with Gasteiger partial charge in [-0.3, -0.25) is 51.0 Å². The first-order valence-corrected chi connectivity index (χ1v) is 52.7. The lowest BCUT2D eigenvalue weighted by molar-refractivity contribution is -0.138. The quantitative estimate of drug-likeness (QED) is 0.0215. The van der Waals surface area contributed by atoms with Crippen molar-refractivity contribution in [3.05, 3.63) is 155 Å². The first kappa shape index (κ1) is 108. The maximum absolute atomic E-state index is 13.7. The zero-order valence-electron chi connectivity index (χ0n) is 71.6. The van der Waals surface area contributed by atoms with Gasteiger partial charge in [0.05, 0.1) is 138 Å². The van der Waals surface area contributed by atoms with Crippen molar-refractivity contribution in [2.24, 2.45) is 5.73 Å². The number of amides is 2. The van der Waals surface area contributed by atoms with Gasteiger partial charge in [-0.15, -0.1) is 0 Å². The molecule has 2 amide bonds. The molecule has 1 saturated heterocycles. The molecule has 5 aromatic rings. The molecule has 2 N–H and O–H groups in total. The second-order valence-electron chi connectivity index (χ2n) is 24.4. The molecule has 1 aliphatic rings. The number of carbonyl (C=O) groups excluding carboxylic acids is 2. The molecule has 0 aliphatic carbocycles. The molecule has 0 atom stereocenters. The fourth-order valence-electron chi connectivity index (χ4n) is 11.7. The van der Waals surface area contributed by atoms with E-state index >= 15 is 0 Å². The minimum atomic E-state index is -3.93. The largest absolute Gasteiger partial charge is 0.497 e. The van der Waals surface area contributed by atoms with Crippen LogP contribution in [-0.4, -0.2) is 156 Å². The summed E-state index contributed by atoms with van der Waals surface area (Å²) in [4.78, 5) is 24.6. The van der Waals surface area contributed by atoms with Crippen molar-refractivity contribution in [2.75, 3.05) is 139 Å². The van der Waals surface area contributed by atoms with E-state index in [1.165, 1.54) is 4.90 Å². The topological polar surface area (TPSA) is 408 Å². The molecule has 0 unspecified atom stereocenters. The van der Waals surface area contributed by atoms with E-state index < -0.39 is 82.4 Å². The van der Waals surface area contributed by atoms with Crippen LogP contribution in [-0.2, 0) is 125 Å². The number of hydrogen-bond acceptors (Lipinski definition) is 32. The summed E-state index contributed by atoms with van der Waals surface area (Å²) < 4.78 is 219. The van der Waals surface area contributed by atoms with Gasteiger partial charge in [-0.2, -0.15) is 5.26 Å². The smallest absolute Gasteiger partial charge is 0.350 e. The molecule has 6 rings (SSSR count). The predicted molar refractivity (Wildman–Crippen MR) is 456 cm³/mol. The van der Waals surface area contributed by atoms with E-state index in [1.807, 2.05) is 12.1 Å². The maximum Gasteiger partial charge on any atom is 0.350 e. The Balaban J connectivity index is 0.000000413. The van der Waals surface area contributed by atoms with Crippen LogP contribution in [0.3, 0.4) is 0 Å². The summed E-state index contributed by atoms with van der Waals surface area (Å²) in [7, 11) is -29.4. The third-order valence-corrected chi connectivity index (χ3v) is 40.0. The Morgan fingerprint density at radius 1 is 0.328 bits per heavy atom. The lowest BCUT2D eigenvalue weighted by Gasteiger charge is -2.31. The first-order valence-electron chi connectivity index (χ1n) is 39.8. The van der Waals surface area contributed by atoms with Crippen molar-refractivity contribution in [3.8, 4) is 29.1 Å². The molecule has 672 valence electrons. The van der Waals surface area contributed by atoms with Gasteiger partial charge < -0.3 is 97.1 Å². The monoisotopic (exact) mass is 1830 g/mol. The van der Waals surface area contributed by atoms with Crippen LogP contribution in [0, 0.1) is 11.3 Å². The van der Waals surface area contributed by atoms with Gasteiger partial charge in [-0.05, 0) is 212 Å². The molecule has 0 saturated carbocycles. The minimum Gasteiger partial charge on any atom is -0.497 e. The van der Waals surface area contributed by atoms with Gasteiger partial charge in [-0.25, -0.2) is 0 Å².